The van der Waals surface area contributed by atoms with E-state index in [2.05, 4.69) is 30.3 Å². The Hall–Kier alpha value is -3.66. The van der Waals surface area contributed by atoms with Gasteiger partial charge in [-0.1, -0.05) is 17.4 Å². The first-order chi connectivity index (χ1) is 14.5. The molecule has 0 atom stereocenters. The molecule has 0 amide bonds. The third-order valence-corrected chi connectivity index (χ3v) is 5.01. The SMILES string of the molecule is COC(=O)c1ccc(Nc2nc3ccc(NCc4ccc(F)c(F)c4)nc3s2)nc1. The maximum absolute atomic E-state index is 13.3. The van der Waals surface area contributed by atoms with Crippen molar-refractivity contribution in [1.29, 1.82) is 0 Å². The summed E-state index contributed by atoms with van der Waals surface area (Å²) in [6.45, 7) is 0.302. The fraction of sp³-hybridized carbons (Fsp3) is 0.100. The van der Waals surface area contributed by atoms with Gasteiger partial charge in [-0.25, -0.2) is 28.5 Å². The minimum atomic E-state index is -0.885. The normalized spacial score (nSPS) is 10.8. The van der Waals surface area contributed by atoms with E-state index in [4.69, 9.17) is 0 Å². The molecule has 0 saturated heterocycles. The number of benzene rings is 1. The Bertz CT molecular complexity index is 1210. The van der Waals surface area contributed by atoms with E-state index in [1.54, 1.807) is 18.2 Å². The molecule has 0 fully saturated rings. The number of hydrogen-bond acceptors (Lipinski definition) is 8. The summed E-state index contributed by atoms with van der Waals surface area (Å²) in [7, 11) is 1.31. The van der Waals surface area contributed by atoms with Crippen LogP contribution in [0.4, 0.5) is 25.5 Å². The summed E-state index contributed by atoms with van der Waals surface area (Å²) in [6, 6.07) is 10.6. The van der Waals surface area contributed by atoms with Gasteiger partial charge in [-0.05, 0) is 42.0 Å². The number of methoxy groups -OCH3 is 1. The number of nitrogens with one attached hydrogen (secondary N) is 2. The van der Waals surface area contributed by atoms with E-state index in [0.29, 0.717) is 44.8 Å². The van der Waals surface area contributed by atoms with Crippen LogP contribution in [0.25, 0.3) is 10.3 Å². The average molecular weight is 427 g/mol. The van der Waals surface area contributed by atoms with Gasteiger partial charge in [-0.2, -0.15) is 0 Å². The molecule has 0 aliphatic carbocycles. The number of esters is 1. The lowest BCUT2D eigenvalue weighted by atomic mass is 10.2. The van der Waals surface area contributed by atoms with Crippen LogP contribution in [0.15, 0.2) is 48.7 Å². The maximum Gasteiger partial charge on any atom is 0.339 e. The minimum absolute atomic E-state index is 0.302. The second-order valence-corrected chi connectivity index (χ2v) is 7.17. The van der Waals surface area contributed by atoms with Crippen LogP contribution in [0.5, 0.6) is 0 Å². The number of nitrogens with zero attached hydrogens (tertiary/aromatic N) is 3. The highest BCUT2D eigenvalue weighted by atomic mass is 32.1. The predicted octanol–water partition coefficient (Wildman–Crippen LogP) is 4.51. The van der Waals surface area contributed by atoms with Gasteiger partial charge in [-0.3, -0.25) is 0 Å². The molecule has 1 aromatic carbocycles. The van der Waals surface area contributed by atoms with Gasteiger partial charge in [0.25, 0.3) is 0 Å². The van der Waals surface area contributed by atoms with Crippen LogP contribution < -0.4 is 10.6 Å². The number of ether oxygens (including phenoxy) is 1. The number of hydrogen-bond donors (Lipinski definition) is 2. The van der Waals surface area contributed by atoms with E-state index >= 15 is 0 Å². The van der Waals surface area contributed by atoms with E-state index in [1.165, 1.54) is 30.7 Å². The number of aromatic nitrogens is 3. The smallest absolute Gasteiger partial charge is 0.339 e. The molecule has 152 valence electrons. The zero-order chi connectivity index (χ0) is 21.1. The zero-order valence-corrected chi connectivity index (χ0v) is 16.5. The van der Waals surface area contributed by atoms with Crippen LogP contribution >= 0.6 is 11.3 Å². The molecule has 4 rings (SSSR count). The van der Waals surface area contributed by atoms with Gasteiger partial charge in [0.2, 0.25) is 0 Å². The predicted molar refractivity (Wildman–Crippen MR) is 110 cm³/mol. The van der Waals surface area contributed by atoms with Crippen LogP contribution in [-0.4, -0.2) is 28.0 Å². The van der Waals surface area contributed by atoms with Crippen LogP contribution in [0.3, 0.4) is 0 Å². The molecule has 0 aliphatic heterocycles. The molecule has 0 unspecified atom stereocenters. The Balaban J connectivity index is 1.45. The van der Waals surface area contributed by atoms with E-state index in [1.807, 2.05) is 6.07 Å². The molecule has 0 spiro atoms. The number of carbonyl (C=O) groups is 1. The largest absolute Gasteiger partial charge is 0.465 e. The van der Waals surface area contributed by atoms with Crippen molar-refractivity contribution in [3.63, 3.8) is 0 Å². The lowest BCUT2D eigenvalue weighted by molar-refractivity contribution is 0.0600. The minimum Gasteiger partial charge on any atom is -0.465 e. The molecule has 30 heavy (non-hydrogen) atoms. The molecule has 0 bridgehead atoms. The first-order valence-corrected chi connectivity index (χ1v) is 9.60. The highest BCUT2D eigenvalue weighted by molar-refractivity contribution is 7.21. The third kappa shape index (κ3) is 4.33. The second kappa shape index (κ2) is 8.37. The molecule has 3 aromatic heterocycles. The molecule has 0 saturated carbocycles. The van der Waals surface area contributed by atoms with E-state index in [0.717, 1.165) is 12.1 Å². The van der Waals surface area contributed by atoms with Crippen LogP contribution in [-0.2, 0) is 11.3 Å². The van der Waals surface area contributed by atoms with Crippen LogP contribution in [0.1, 0.15) is 15.9 Å². The third-order valence-electron chi connectivity index (χ3n) is 4.13. The van der Waals surface area contributed by atoms with Crippen LogP contribution in [0.2, 0.25) is 0 Å². The lowest BCUT2D eigenvalue weighted by Gasteiger charge is -2.05. The van der Waals surface area contributed by atoms with Gasteiger partial charge in [0.05, 0.1) is 12.7 Å². The van der Waals surface area contributed by atoms with Crippen molar-refractivity contribution in [2.75, 3.05) is 17.7 Å². The Morgan fingerprint density at radius 2 is 1.90 bits per heavy atom. The number of anilines is 3. The van der Waals surface area contributed by atoms with Crippen molar-refractivity contribution in [3.8, 4) is 0 Å². The molecule has 10 heteroatoms. The maximum atomic E-state index is 13.3. The fourth-order valence-electron chi connectivity index (χ4n) is 2.63. The van der Waals surface area contributed by atoms with Crippen LogP contribution in [0, 0.1) is 11.6 Å². The topological polar surface area (TPSA) is 89.0 Å². The summed E-state index contributed by atoms with van der Waals surface area (Å²) < 4.78 is 31.0. The van der Waals surface area contributed by atoms with E-state index in [9.17, 15) is 13.6 Å². The lowest BCUT2D eigenvalue weighted by Crippen LogP contribution is -2.02. The summed E-state index contributed by atoms with van der Waals surface area (Å²) in [5, 5.41) is 6.75. The summed E-state index contributed by atoms with van der Waals surface area (Å²) in [4.78, 5) is 25.3. The van der Waals surface area contributed by atoms with Gasteiger partial charge in [-0.15, -0.1) is 0 Å². The van der Waals surface area contributed by atoms with Crippen molar-refractivity contribution < 1.29 is 18.3 Å². The first-order valence-electron chi connectivity index (χ1n) is 8.78. The molecular formula is C20H15F2N5O2S. The van der Waals surface area contributed by atoms with E-state index in [-0.39, 0.29) is 0 Å². The van der Waals surface area contributed by atoms with Gasteiger partial charge < -0.3 is 15.4 Å². The average Bonchev–Trinajstić information content (AvgIpc) is 3.16. The van der Waals surface area contributed by atoms with Crippen molar-refractivity contribution in [2.24, 2.45) is 0 Å². The summed E-state index contributed by atoms with van der Waals surface area (Å²) in [6.07, 6.45) is 1.42. The van der Waals surface area contributed by atoms with Gasteiger partial charge >= 0.3 is 5.97 Å². The van der Waals surface area contributed by atoms with Gasteiger partial charge in [0.15, 0.2) is 16.8 Å². The second-order valence-electron chi connectivity index (χ2n) is 6.19. The molecule has 4 aromatic rings. The van der Waals surface area contributed by atoms with Crippen molar-refractivity contribution >= 4 is 44.4 Å². The Morgan fingerprint density at radius 3 is 2.63 bits per heavy atom. The zero-order valence-electron chi connectivity index (χ0n) is 15.6. The fourth-order valence-corrected chi connectivity index (χ4v) is 3.47. The highest BCUT2D eigenvalue weighted by Gasteiger charge is 2.09. The number of thiazole rings is 1. The molecular weight excluding hydrogens is 412 g/mol. The first kappa shape index (κ1) is 19.6. The quantitative estimate of drug-likeness (QED) is 0.438. The van der Waals surface area contributed by atoms with E-state index < -0.39 is 17.6 Å². The van der Waals surface area contributed by atoms with Crippen molar-refractivity contribution in [2.45, 2.75) is 6.54 Å². The molecule has 3 heterocycles. The molecule has 2 N–H and O–H groups in total. The summed E-state index contributed by atoms with van der Waals surface area (Å²) in [5.74, 6) is -1.11. The summed E-state index contributed by atoms with van der Waals surface area (Å²) in [5.41, 5.74) is 1.65. The number of rotatable bonds is 6. The van der Waals surface area contributed by atoms with Crippen molar-refractivity contribution in [3.05, 3.63) is 71.4 Å². The molecule has 0 radical (unpaired) electrons. The highest BCUT2D eigenvalue weighted by Crippen LogP contribution is 2.27. The van der Waals surface area contributed by atoms with Gasteiger partial charge in [0.1, 0.15) is 22.0 Å². The van der Waals surface area contributed by atoms with Crippen molar-refractivity contribution in [1.82, 2.24) is 15.0 Å². The number of pyridine rings is 2. The molecule has 0 aliphatic rings. The number of fused-ring (bicyclic) bond motifs is 1. The Morgan fingerprint density at radius 1 is 1.07 bits per heavy atom. The van der Waals surface area contributed by atoms with Gasteiger partial charge in [0, 0.05) is 12.7 Å². The molecule has 7 nitrogen and oxygen atoms in total. The summed E-state index contributed by atoms with van der Waals surface area (Å²) >= 11 is 1.33. The standard InChI is InChI=1S/C20H15F2N5O2S/c1-29-19(28)12-3-6-17(24-10-12)27-20-25-15-5-7-16(26-18(15)30-20)23-9-11-2-4-13(21)14(22)8-11/h2-8,10H,9H2,1H3,(H,23,26)(H,24,25,27). The number of carbonyl (C=O) groups excluding carboxylic acids is 1. The Labute approximate surface area is 173 Å². The Kier molecular flexibility index (Phi) is 5.48. The number of halogens is 2. The monoisotopic (exact) mass is 427 g/mol.